The van der Waals surface area contributed by atoms with E-state index in [1.165, 1.54) is 6.07 Å². The van der Waals surface area contributed by atoms with Crippen molar-refractivity contribution >= 4 is 46.3 Å². The van der Waals surface area contributed by atoms with Crippen LogP contribution in [-0.4, -0.2) is 66.4 Å². The molecule has 5 N–H and O–H groups in total. The van der Waals surface area contributed by atoms with E-state index in [0.717, 1.165) is 12.1 Å². The molecule has 0 spiro atoms. The van der Waals surface area contributed by atoms with Crippen LogP contribution >= 0.6 is 0 Å². The number of hydrogen-bond acceptors (Lipinski definition) is 6. The topological polar surface area (TPSA) is 140 Å². The van der Waals surface area contributed by atoms with Crippen molar-refractivity contribution in [1.29, 1.82) is 0 Å². The smallest absolute Gasteiger partial charge is 0.336 e. The largest absolute Gasteiger partial charge is 0.478 e. The van der Waals surface area contributed by atoms with Gasteiger partial charge in [-0.15, -0.1) is 0 Å². The van der Waals surface area contributed by atoms with E-state index in [0.29, 0.717) is 71.9 Å². The summed E-state index contributed by atoms with van der Waals surface area (Å²) in [5, 5.41) is 21.5. The van der Waals surface area contributed by atoms with Crippen molar-refractivity contribution in [2.24, 2.45) is 0 Å². The van der Waals surface area contributed by atoms with Crippen LogP contribution in [0.4, 0.5) is 11.4 Å². The Labute approximate surface area is 237 Å². The average Bonchev–Trinajstić information content (AvgIpc) is 3.12. The van der Waals surface area contributed by atoms with Gasteiger partial charge in [0.15, 0.2) is 0 Å². The first-order chi connectivity index (χ1) is 19.8. The maximum absolute atomic E-state index is 13.2. The molecule has 5 rings (SSSR count). The number of carbonyl (C=O) groups is 4. The quantitative estimate of drug-likeness (QED) is 0.270. The molecular formula is C31H31N5O5. The highest BCUT2D eigenvalue weighted by Gasteiger charge is 2.30. The van der Waals surface area contributed by atoms with Crippen molar-refractivity contribution in [3.05, 3.63) is 94.5 Å². The lowest BCUT2D eigenvalue weighted by Gasteiger charge is -2.19. The second-order valence-electron chi connectivity index (χ2n) is 9.99. The first kappa shape index (κ1) is 27.6. The van der Waals surface area contributed by atoms with Crippen LogP contribution in [0, 0.1) is 6.92 Å². The monoisotopic (exact) mass is 553 g/mol. The number of aryl methyl sites for hydroxylation is 1. The molecule has 10 heteroatoms. The Bertz CT molecular complexity index is 1530. The van der Waals surface area contributed by atoms with Crippen LogP contribution in [0.1, 0.15) is 43.8 Å². The van der Waals surface area contributed by atoms with E-state index < -0.39 is 5.97 Å². The number of anilines is 2. The molecule has 0 bridgehead atoms. The molecular weight excluding hydrogens is 522 g/mol. The SMILES string of the molecule is Cc1cc2c(cc1C(=O)O)NC(=O)C2=C(Nc1ccc(C(=O)NCCN2CCNC(=O)CC2)cc1)c1ccccc1. The molecule has 3 aromatic carbocycles. The average molecular weight is 554 g/mol. The van der Waals surface area contributed by atoms with Gasteiger partial charge in [-0.1, -0.05) is 30.3 Å². The lowest BCUT2D eigenvalue weighted by molar-refractivity contribution is -0.120. The Morgan fingerprint density at radius 3 is 2.46 bits per heavy atom. The van der Waals surface area contributed by atoms with Gasteiger partial charge < -0.3 is 26.4 Å². The second-order valence-corrected chi connectivity index (χ2v) is 9.99. The van der Waals surface area contributed by atoms with Gasteiger partial charge in [0.2, 0.25) is 5.91 Å². The molecule has 3 aromatic rings. The predicted molar refractivity (Wildman–Crippen MR) is 156 cm³/mol. The van der Waals surface area contributed by atoms with E-state index in [1.807, 2.05) is 30.3 Å². The zero-order valence-electron chi connectivity index (χ0n) is 22.6. The summed E-state index contributed by atoms with van der Waals surface area (Å²) in [4.78, 5) is 51.2. The van der Waals surface area contributed by atoms with Crippen LogP contribution in [0.25, 0.3) is 11.3 Å². The van der Waals surface area contributed by atoms with Crippen molar-refractivity contribution < 1.29 is 24.3 Å². The zero-order chi connectivity index (χ0) is 28.9. The Balaban J connectivity index is 1.35. The summed E-state index contributed by atoms with van der Waals surface area (Å²) in [6.45, 7) is 4.86. The molecule has 210 valence electrons. The van der Waals surface area contributed by atoms with E-state index >= 15 is 0 Å². The van der Waals surface area contributed by atoms with Gasteiger partial charge in [-0.2, -0.15) is 0 Å². The fourth-order valence-electron chi connectivity index (χ4n) is 5.00. The van der Waals surface area contributed by atoms with Crippen molar-refractivity contribution in [3.63, 3.8) is 0 Å². The predicted octanol–water partition coefficient (Wildman–Crippen LogP) is 3.18. The third kappa shape index (κ3) is 6.28. The summed E-state index contributed by atoms with van der Waals surface area (Å²) >= 11 is 0. The third-order valence-corrected chi connectivity index (χ3v) is 7.19. The normalized spacial score (nSPS) is 16.2. The lowest BCUT2D eigenvalue weighted by atomic mass is 9.96. The number of aromatic carboxylic acids is 1. The van der Waals surface area contributed by atoms with E-state index in [9.17, 15) is 24.3 Å². The number of benzene rings is 3. The van der Waals surface area contributed by atoms with Gasteiger partial charge in [0.25, 0.3) is 11.8 Å². The molecule has 0 saturated carbocycles. The third-order valence-electron chi connectivity index (χ3n) is 7.19. The first-order valence-electron chi connectivity index (χ1n) is 13.4. The van der Waals surface area contributed by atoms with Crippen LogP contribution in [0.15, 0.2) is 66.7 Å². The maximum atomic E-state index is 13.2. The highest BCUT2D eigenvalue weighted by Crippen LogP contribution is 2.39. The minimum Gasteiger partial charge on any atom is -0.478 e. The minimum absolute atomic E-state index is 0.0523. The number of carboxylic acids is 1. The number of carbonyl (C=O) groups excluding carboxylic acids is 3. The number of carboxylic acid groups (broad SMARTS) is 1. The van der Waals surface area contributed by atoms with E-state index in [2.05, 4.69) is 26.2 Å². The molecule has 1 saturated heterocycles. The first-order valence-corrected chi connectivity index (χ1v) is 13.4. The maximum Gasteiger partial charge on any atom is 0.336 e. The summed E-state index contributed by atoms with van der Waals surface area (Å²) in [5.41, 5.74) is 4.65. The summed E-state index contributed by atoms with van der Waals surface area (Å²) in [7, 11) is 0. The van der Waals surface area contributed by atoms with E-state index in [-0.39, 0.29) is 23.3 Å². The summed E-state index contributed by atoms with van der Waals surface area (Å²) in [6.07, 6.45) is 0.458. The summed E-state index contributed by atoms with van der Waals surface area (Å²) in [5.74, 6) is -1.54. The highest BCUT2D eigenvalue weighted by molar-refractivity contribution is 6.37. The standard InChI is InChI=1S/C31H31N5O5/c1-19-17-24-25(18-23(19)31(40)41)35-30(39)27(24)28(20-5-3-2-4-6-20)34-22-9-7-21(8-10-22)29(38)33-13-16-36-14-11-26(37)32-12-15-36/h2-10,17-18,34H,11-16H2,1H3,(H,32,37)(H,33,38)(H,35,39)(H,40,41). The molecule has 2 aliphatic rings. The van der Waals surface area contributed by atoms with Gasteiger partial charge in [0.05, 0.1) is 22.5 Å². The van der Waals surface area contributed by atoms with Crippen LogP contribution in [0.2, 0.25) is 0 Å². The molecule has 2 heterocycles. The Hall–Kier alpha value is -4.96. The Morgan fingerprint density at radius 2 is 1.73 bits per heavy atom. The molecule has 0 atom stereocenters. The molecule has 2 aliphatic heterocycles. The van der Waals surface area contributed by atoms with Gasteiger partial charge in [0, 0.05) is 56.0 Å². The molecule has 0 aromatic heterocycles. The van der Waals surface area contributed by atoms with E-state index in [4.69, 9.17) is 0 Å². The van der Waals surface area contributed by atoms with Crippen LogP contribution in [0.5, 0.6) is 0 Å². The number of rotatable bonds is 8. The number of nitrogens with one attached hydrogen (secondary N) is 4. The van der Waals surface area contributed by atoms with Crippen molar-refractivity contribution in [3.8, 4) is 0 Å². The van der Waals surface area contributed by atoms with Crippen molar-refractivity contribution in [2.75, 3.05) is 43.4 Å². The van der Waals surface area contributed by atoms with Crippen molar-refractivity contribution in [2.45, 2.75) is 13.3 Å². The van der Waals surface area contributed by atoms with Crippen LogP contribution < -0.4 is 21.3 Å². The summed E-state index contributed by atoms with van der Waals surface area (Å²) < 4.78 is 0. The molecule has 41 heavy (non-hydrogen) atoms. The number of fused-ring (bicyclic) bond motifs is 1. The number of amides is 3. The fourth-order valence-corrected chi connectivity index (χ4v) is 5.00. The molecule has 10 nitrogen and oxygen atoms in total. The van der Waals surface area contributed by atoms with Gasteiger partial charge in [-0.25, -0.2) is 4.79 Å². The molecule has 1 fully saturated rings. The zero-order valence-corrected chi connectivity index (χ0v) is 22.6. The lowest BCUT2D eigenvalue weighted by Crippen LogP contribution is -2.36. The molecule has 0 aliphatic carbocycles. The molecule has 0 radical (unpaired) electrons. The van der Waals surface area contributed by atoms with Crippen molar-refractivity contribution in [1.82, 2.24) is 15.5 Å². The molecule has 3 amide bonds. The minimum atomic E-state index is -1.06. The Morgan fingerprint density at radius 1 is 0.976 bits per heavy atom. The van der Waals surface area contributed by atoms with Gasteiger partial charge in [-0.3, -0.25) is 19.3 Å². The highest BCUT2D eigenvalue weighted by atomic mass is 16.4. The molecule has 0 unspecified atom stereocenters. The van der Waals surface area contributed by atoms with Gasteiger partial charge in [0.1, 0.15) is 0 Å². The summed E-state index contributed by atoms with van der Waals surface area (Å²) in [6, 6.07) is 19.6. The van der Waals surface area contributed by atoms with Crippen LogP contribution in [0.3, 0.4) is 0 Å². The Kier molecular flexibility index (Phi) is 8.11. The van der Waals surface area contributed by atoms with Gasteiger partial charge >= 0.3 is 5.97 Å². The second kappa shape index (κ2) is 12.1. The van der Waals surface area contributed by atoms with E-state index in [1.54, 1.807) is 37.3 Å². The number of hydrogen-bond donors (Lipinski definition) is 5. The number of nitrogens with zero attached hydrogens (tertiary/aromatic N) is 1. The fraction of sp³-hybridized carbons (Fsp3) is 0.226. The van der Waals surface area contributed by atoms with Crippen LogP contribution in [-0.2, 0) is 9.59 Å². The van der Waals surface area contributed by atoms with Gasteiger partial charge in [-0.05, 0) is 54.4 Å².